The number of aryl methyl sites for hydroxylation is 2. The molecule has 0 fully saturated rings. The van der Waals surface area contributed by atoms with Crippen molar-refractivity contribution >= 4 is 51.1 Å². The third-order valence-electron chi connectivity index (χ3n) is 4.54. The smallest absolute Gasteiger partial charge is 0.341 e. The SMILES string of the molecule is COC(=O)c1c(NC(=O)Cc2cccs2)sc(C(=O)Nc2ccc(C)cc2C)c1C. The van der Waals surface area contributed by atoms with E-state index in [-0.39, 0.29) is 23.8 Å². The van der Waals surface area contributed by atoms with Gasteiger partial charge in [-0.25, -0.2) is 4.79 Å². The average Bonchev–Trinajstić information content (AvgIpc) is 3.31. The Hall–Kier alpha value is -2.97. The molecule has 2 N–H and O–H groups in total. The third kappa shape index (κ3) is 4.77. The van der Waals surface area contributed by atoms with Crippen molar-refractivity contribution in [1.29, 1.82) is 0 Å². The van der Waals surface area contributed by atoms with Gasteiger partial charge in [0.05, 0.1) is 24.0 Å². The molecule has 3 aromatic rings. The number of hydrogen-bond acceptors (Lipinski definition) is 6. The van der Waals surface area contributed by atoms with Crippen LogP contribution in [-0.4, -0.2) is 24.9 Å². The number of methoxy groups -OCH3 is 1. The molecule has 0 bridgehead atoms. The summed E-state index contributed by atoms with van der Waals surface area (Å²) in [7, 11) is 1.27. The number of nitrogens with one attached hydrogen (secondary N) is 2. The molecule has 30 heavy (non-hydrogen) atoms. The Kier molecular flexibility index (Phi) is 6.69. The Morgan fingerprint density at radius 3 is 2.47 bits per heavy atom. The van der Waals surface area contributed by atoms with Crippen molar-refractivity contribution in [3.63, 3.8) is 0 Å². The van der Waals surface area contributed by atoms with Crippen molar-refractivity contribution in [1.82, 2.24) is 0 Å². The largest absolute Gasteiger partial charge is 0.465 e. The number of thiophene rings is 2. The molecule has 1 aromatic carbocycles. The number of rotatable bonds is 6. The first-order valence-corrected chi connectivity index (χ1v) is 10.9. The van der Waals surface area contributed by atoms with Crippen LogP contribution in [0.15, 0.2) is 35.7 Å². The van der Waals surface area contributed by atoms with Crippen LogP contribution in [0.1, 0.15) is 41.6 Å². The zero-order valence-electron chi connectivity index (χ0n) is 17.1. The van der Waals surface area contributed by atoms with Crippen LogP contribution in [0, 0.1) is 20.8 Å². The van der Waals surface area contributed by atoms with Gasteiger partial charge in [-0.3, -0.25) is 9.59 Å². The van der Waals surface area contributed by atoms with Crippen LogP contribution >= 0.6 is 22.7 Å². The summed E-state index contributed by atoms with van der Waals surface area (Å²) in [6.45, 7) is 5.57. The van der Waals surface area contributed by atoms with Crippen LogP contribution in [0.2, 0.25) is 0 Å². The molecule has 0 aliphatic rings. The van der Waals surface area contributed by atoms with Gasteiger partial charge in [0.1, 0.15) is 5.00 Å². The van der Waals surface area contributed by atoms with E-state index in [0.717, 1.165) is 27.3 Å². The molecular weight excluding hydrogens is 420 g/mol. The second-order valence-electron chi connectivity index (χ2n) is 6.83. The standard InChI is InChI=1S/C22H22N2O4S2/c1-12-7-8-16(13(2)10-12)23-20(26)19-14(3)18(22(27)28-4)21(30-19)24-17(25)11-15-6-5-9-29-15/h5-10H,11H2,1-4H3,(H,23,26)(H,24,25). The van der Waals surface area contributed by atoms with Gasteiger partial charge in [0.15, 0.2) is 0 Å². The predicted molar refractivity (Wildman–Crippen MR) is 121 cm³/mol. The van der Waals surface area contributed by atoms with Gasteiger partial charge in [0.2, 0.25) is 5.91 Å². The zero-order chi connectivity index (χ0) is 21.8. The Morgan fingerprint density at radius 2 is 1.83 bits per heavy atom. The minimum atomic E-state index is -0.597. The number of ether oxygens (including phenoxy) is 1. The first-order valence-electron chi connectivity index (χ1n) is 9.22. The Labute approximate surface area is 182 Å². The minimum Gasteiger partial charge on any atom is -0.465 e. The van der Waals surface area contributed by atoms with E-state index in [1.165, 1.54) is 18.4 Å². The molecule has 8 heteroatoms. The predicted octanol–water partition coefficient (Wildman–Crippen LogP) is 4.95. The first kappa shape index (κ1) is 21.7. The molecule has 0 saturated heterocycles. The summed E-state index contributed by atoms with van der Waals surface area (Å²) in [5, 5.41) is 7.87. The third-order valence-corrected chi connectivity index (χ3v) is 6.62. The van der Waals surface area contributed by atoms with E-state index in [4.69, 9.17) is 4.74 Å². The molecule has 3 rings (SSSR count). The maximum atomic E-state index is 12.9. The van der Waals surface area contributed by atoms with E-state index in [0.29, 0.717) is 21.1 Å². The fourth-order valence-corrected chi connectivity index (χ4v) is 4.85. The lowest BCUT2D eigenvalue weighted by atomic mass is 10.1. The van der Waals surface area contributed by atoms with E-state index in [2.05, 4.69) is 10.6 Å². The van der Waals surface area contributed by atoms with Crippen molar-refractivity contribution in [2.45, 2.75) is 27.2 Å². The molecule has 156 valence electrons. The topological polar surface area (TPSA) is 84.5 Å². The molecule has 0 atom stereocenters. The van der Waals surface area contributed by atoms with Gasteiger partial charge >= 0.3 is 5.97 Å². The Balaban J connectivity index is 1.88. The van der Waals surface area contributed by atoms with E-state index < -0.39 is 5.97 Å². The summed E-state index contributed by atoms with van der Waals surface area (Å²) in [5.41, 5.74) is 3.41. The average molecular weight is 443 g/mol. The quantitative estimate of drug-likeness (QED) is 0.529. The summed E-state index contributed by atoms with van der Waals surface area (Å²) in [6.07, 6.45) is 0.194. The summed E-state index contributed by atoms with van der Waals surface area (Å²) in [5.74, 6) is -1.20. The van der Waals surface area contributed by atoms with Gasteiger partial charge in [0.25, 0.3) is 5.91 Å². The van der Waals surface area contributed by atoms with Crippen LogP contribution in [0.4, 0.5) is 10.7 Å². The van der Waals surface area contributed by atoms with Gasteiger partial charge in [-0.05, 0) is 49.4 Å². The zero-order valence-corrected chi connectivity index (χ0v) is 18.8. The molecule has 2 aromatic heterocycles. The van der Waals surface area contributed by atoms with Crippen molar-refractivity contribution < 1.29 is 19.1 Å². The molecule has 0 saturated carbocycles. The van der Waals surface area contributed by atoms with Crippen LogP contribution < -0.4 is 10.6 Å². The van der Waals surface area contributed by atoms with Crippen LogP contribution in [0.5, 0.6) is 0 Å². The van der Waals surface area contributed by atoms with Gasteiger partial charge in [-0.1, -0.05) is 23.8 Å². The highest BCUT2D eigenvalue weighted by Crippen LogP contribution is 2.34. The van der Waals surface area contributed by atoms with Gasteiger partial charge in [-0.15, -0.1) is 22.7 Å². The van der Waals surface area contributed by atoms with Crippen LogP contribution in [0.25, 0.3) is 0 Å². The molecule has 0 radical (unpaired) electrons. The molecule has 6 nitrogen and oxygen atoms in total. The van der Waals surface area contributed by atoms with Crippen molar-refractivity contribution in [2.24, 2.45) is 0 Å². The normalized spacial score (nSPS) is 10.5. The lowest BCUT2D eigenvalue weighted by molar-refractivity contribution is -0.115. The number of esters is 1. The second-order valence-corrected chi connectivity index (χ2v) is 8.88. The molecule has 0 spiro atoms. The van der Waals surface area contributed by atoms with Crippen molar-refractivity contribution in [3.8, 4) is 0 Å². The van der Waals surface area contributed by atoms with Crippen molar-refractivity contribution in [3.05, 3.63) is 67.7 Å². The van der Waals surface area contributed by atoms with Crippen molar-refractivity contribution in [2.75, 3.05) is 17.7 Å². The van der Waals surface area contributed by atoms with E-state index in [1.54, 1.807) is 6.92 Å². The molecule has 2 amide bonds. The lowest BCUT2D eigenvalue weighted by Gasteiger charge is -2.08. The maximum Gasteiger partial charge on any atom is 0.341 e. The van der Waals surface area contributed by atoms with E-state index >= 15 is 0 Å². The minimum absolute atomic E-state index is 0.194. The summed E-state index contributed by atoms with van der Waals surface area (Å²) in [6, 6.07) is 9.48. The number of benzene rings is 1. The summed E-state index contributed by atoms with van der Waals surface area (Å²) in [4.78, 5) is 39.0. The summed E-state index contributed by atoms with van der Waals surface area (Å²) < 4.78 is 4.88. The highest BCUT2D eigenvalue weighted by Gasteiger charge is 2.26. The van der Waals surface area contributed by atoms with Gasteiger partial charge < -0.3 is 15.4 Å². The van der Waals surface area contributed by atoms with E-state index in [1.807, 2.05) is 49.6 Å². The lowest BCUT2D eigenvalue weighted by Crippen LogP contribution is -2.15. The van der Waals surface area contributed by atoms with E-state index in [9.17, 15) is 14.4 Å². The number of hydrogen-bond donors (Lipinski definition) is 2. The Bertz CT molecular complexity index is 1100. The van der Waals surface area contributed by atoms with Gasteiger partial charge in [-0.2, -0.15) is 0 Å². The van der Waals surface area contributed by atoms with Crippen LogP contribution in [-0.2, 0) is 16.0 Å². The molecular formula is C22H22N2O4S2. The number of carbonyl (C=O) groups excluding carboxylic acids is 3. The van der Waals surface area contributed by atoms with Crippen LogP contribution in [0.3, 0.4) is 0 Å². The molecule has 0 aliphatic heterocycles. The fraction of sp³-hybridized carbons (Fsp3) is 0.227. The first-order chi connectivity index (χ1) is 14.3. The summed E-state index contributed by atoms with van der Waals surface area (Å²) >= 11 is 2.55. The monoisotopic (exact) mass is 442 g/mol. The number of carbonyl (C=O) groups is 3. The molecule has 2 heterocycles. The molecule has 0 unspecified atom stereocenters. The fourth-order valence-electron chi connectivity index (χ4n) is 3.04. The Morgan fingerprint density at radius 1 is 1.07 bits per heavy atom. The number of anilines is 2. The highest BCUT2D eigenvalue weighted by molar-refractivity contribution is 7.19. The van der Waals surface area contributed by atoms with Gasteiger partial charge in [0, 0.05) is 10.6 Å². The highest BCUT2D eigenvalue weighted by atomic mass is 32.1. The maximum absolute atomic E-state index is 12.9. The second kappa shape index (κ2) is 9.23. The molecule has 0 aliphatic carbocycles. The number of amides is 2.